The van der Waals surface area contributed by atoms with Crippen molar-refractivity contribution < 1.29 is 39.5 Å². The summed E-state index contributed by atoms with van der Waals surface area (Å²) in [6.07, 6.45) is -9.75. The van der Waals surface area contributed by atoms with Crippen LogP contribution in [0.4, 0.5) is 26.3 Å². The summed E-state index contributed by atoms with van der Waals surface area (Å²) in [7, 11) is -4.50. The Morgan fingerprint density at radius 2 is 1.67 bits per heavy atom. The van der Waals surface area contributed by atoms with Crippen LogP contribution in [0.5, 0.6) is 5.75 Å². The first-order chi connectivity index (χ1) is 12.3. The first-order valence-electron chi connectivity index (χ1n) is 6.99. The van der Waals surface area contributed by atoms with Crippen LogP contribution in [0, 0.1) is 0 Å². The van der Waals surface area contributed by atoms with Gasteiger partial charge in [0.1, 0.15) is 4.90 Å². The molecule has 0 fully saturated rings. The fourth-order valence-corrected chi connectivity index (χ4v) is 3.49. The molecule has 2 aromatic carbocycles. The predicted octanol–water partition coefficient (Wildman–Crippen LogP) is 4.85. The van der Waals surface area contributed by atoms with Crippen molar-refractivity contribution in [2.75, 3.05) is 0 Å². The molecule has 2 rings (SSSR count). The third-order valence-electron chi connectivity index (χ3n) is 3.14. The molecular weight excluding hydrogens is 468 g/mol. The fourth-order valence-electron chi connectivity index (χ4n) is 2.02. The highest BCUT2D eigenvalue weighted by Crippen LogP contribution is 2.33. The maximum atomic E-state index is 12.7. The minimum absolute atomic E-state index is 0.0243. The van der Waals surface area contributed by atoms with E-state index >= 15 is 0 Å². The van der Waals surface area contributed by atoms with E-state index in [0.29, 0.717) is 0 Å². The fraction of sp³-hybridized carbons (Fsp3) is 0.200. The summed E-state index contributed by atoms with van der Waals surface area (Å²) in [5.74, 6) is -0.978. The molecule has 0 aliphatic carbocycles. The van der Waals surface area contributed by atoms with Crippen molar-refractivity contribution in [3.8, 4) is 5.75 Å². The molecule has 148 valence electrons. The van der Waals surface area contributed by atoms with Gasteiger partial charge >= 0.3 is 12.5 Å². The zero-order valence-electron chi connectivity index (χ0n) is 13.0. The maximum Gasteiger partial charge on any atom is 0.573 e. The Morgan fingerprint density at radius 1 is 1.00 bits per heavy atom. The predicted molar refractivity (Wildman–Crippen MR) is 86.3 cm³/mol. The number of sulfonamides is 1. The van der Waals surface area contributed by atoms with Crippen molar-refractivity contribution in [2.45, 2.75) is 24.0 Å². The van der Waals surface area contributed by atoms with Gasteiger partial charge < -0.3 is 4.74 Å². The zero-order chi connectivity index (χ0) is 20.5. The van der Waals surface area contributed by atoms with Crippen molar-refractivity contribution in [1.82, 2.24) is 4.72 Å². The number of ether oxygens (including phenoxy) is 1. The van der Waals surface area contributed by atoms with Gasteiger partial charge in [0, 0.05) is 11.0 Å². The van der Waals surface area contributed by atoms with Gasteiger partial charge in [0.25, 0.3) is 0 Å². The minimum Gasteiger partial charge on any atom is -0.404 e. The van der Waals surface area contributed by atoms with Crippen molar-refractivity contribution in [3.63, 3.8) is 0 Å². The lowest BCUT2D eigenvalue weighted by atomic mass is 10.1. The molecule has 0 radical (unpaired) electrons. The van der Waals surface area contributed by atoms with E-state index in [-0.39, 0.29) is 10.0 Å². The molecule has 0 bridgehead atoms. The van der Waals surface area contributed by atoms with E-state index in [0.717, 1.165) is 30.3 Å². The number of hydrogen-bond donors (Lipinski definition) is 1. The molecule has 4 nitrogen and oxygen atoms in total. The molecular formula is C15H10BrF6NO3S. The summed E-state index contributed by atoms with van der Waals surface area (Å²) in [6, 6.07) is 6.74. The summed E-state index contributed by atoms with van der Waals surface area (Å²) in [5.41, 5.74) is -1.01. The Labute approximate surface area is 158 Å². The molecule has 12 heteroatoms. The highest BCUT2D eigenvalue weighted by atomic mass is 79.9. The summed E-state index contributed by atoms with van der Waals surface area (Å²) < 4.78 is 106. The second-order valence-corrected chi connectivity index (χ2v) is 7.81. The smallest absolute Gasteiger partial charge is 0.404 e. The lowest BCUT2D eigenvalue weighted by molar-refractivity contribution is -0.275. The number of halogens is 7. The quantitative estimate of drug-likeness (QED) is 0.626. The minimum atomic E-state index is -5.13. The SMILES string of the molecule is O=S(=O)(NCc1cccc(C(F)(F)F)c1)c1ccc(Br)cc1OC(F)(F)F. The second-order valence-electron chi connectivity index (χ2n) is 5.16. The highest BCUT2D eigenvalue weighted by Gasteiger charge is 2.34. The average Bonchev–Trinajstić information content (AvgIpc) is 2.51. The van der Waals surface area contributed by atoms with Gasteiger partial charge in [-0.15, -0.1) is 13.2 Å². The number of rotatable bonds is 5. The highest BCUT2D eigenvalue weighted by molar-refractivity contribution is 9.10. The summed E-state index contributed by atoms with van der Waals surface area (Å²) >= 11 is 2.90. The molecule has 0 unspecified atom stereocenters. The monoisotopic (exact) mass is 477 g/mol. The van der Waals surface area contributed by atoms with Crippen LogP contribution in [0.1, 0.15) is 11.1 Å². The Morgan fingerprint density at radius 3 is 2.26 bits per heavy atom. The Hall–Kier alpha value is -1.79. The number of hydrogen-bond acceptors (Lipinski definition) is 3. The molecule has 0 saturated heterocycles. The standard InChI is InChI=1S/C15H10BrF6NO3S/c16-11-4-5-13(12(7-11)26-15(20,21)22)27(24,25)23-8-9-2-1-3-10(6-9)14(17,18)19/h1-7,23H,8H2. The molecule has 1 N–H and O–H groups in total. The number of benzene rings is 2. The number of nitrogens with one attached hydrogen (secondary N) is 1. The van der Waals surface area contributed by atoms with Gasteiger partial charge in [-0.2, -0.15) is 13.2 Å². The Balaban J connectivity index is 2.28. The van der Waals surface area contributed by atoms with Gasteiger partial charge in [0.05, 0.1) is 5.56 Å². The van der Waals surface area contributed by atoms with Crippen molar-refractivity contribution in [2.24, 2.45) is 0 Å². The average molecular weight is 478 g/mol. The third kappa shape index (κ3) is 6.11. The van der Waals surface area contributed by atoms with Crippen LogP contribution in [0.3, 0.4) is 0 Å². The van der Waals surface area contributed by atoms with Crippen LogP contribution in [0.25, 0.3) is 0 Å². The van der Waals surface area contributed by atoms with Crippen LogP contribution in [0.2, 0.25) is 0 Å². The van der Waals surface area contributed by atoms with E-state index in [1.165, 1.54) is 12.1 Å². The second kappa shape index (κ2) is 7.68. The van der Waals surface area contributed by atoms with Crippen molar-refractivity contribution >= 4 is 26.0 Å². The molecule has 0 atom stereocenters. The van der Waals surface area contributed by atoms with E-state index < -0.39 is 45.3 Å². The van der Waals surface area contributed by atoms with Gasteiger partial charge in [-0.25, -0.2) is 13.1 Å². The molecule has 0 aliphatic heterocycles. The van der Waals surface area contributed by atoms with E-state index in [4.69, 9.17) is 0 Å². The molecule has 0 spiro atoms. The molecule has 0 aromatic heterocycles. The first-order valence-corrected chi connectivity index (χ1v) is 9.27. The van der Waals surface area contributed by atoms with Crippen LogP contribution >= 0.6 is 15.9 Å². The Kier molecular flexibility index (Phi) is 6.12. The van der Waals surface area contributed by atoms with Crippen LogP contribution in [-0.4, -0.2) is 14.8 Å². The lowest BCUT2D eigenvalue weighted by Gasteiger charge is -2.15. The van der Waals surface area contributed by atoms with Crippen molar-refractivity contribution in [3.05, 3.63) is 58.1 Å². The third-order valence-corrected chi connectivity index (χ3v) is 5.08. The zero-order valence-corrected chi connectivity index (χ0v) is 15.4. The maximum absolute atomic E-state index is 12.7. The normalized spacial score (nSPS) is 12.9. The van der Waals surface area contributed by atoms with Gasteiger partial charge in [-0.1, -0.05) is 34.1 Å². The van der Waals surface area contributed by atoms with Crippen LogP contribution in [0.15, 0.2) is 51.8 Å². The largest absolute Gasteiger partial charge is 0.573 e. The number of alkyl halides is 6. The Bertz CT molecular complexity index is 928. The molecule has 27 heavy (non-hydrogen) atoms. The van der Waals surface area contributed by atoms with E-state index in [1.807, 2.05) is 4.72 Å². The van der Waals surface area contributed by atoms with E-state index in [2.05, 4.69) is 20.7 Å². The van der Waals surface area contributed by atoms with Gasteiger partial charge in [-0.05, 0) is 29.8 Å². The van der Waals surface area contributed by atoms with Gasteiger partial charge in [0.15, 0.2) is 5.75 Å². The van der Waals surface area contributed by atoms with Crippen LogP contribution < -0.4 is 9.46 Å². The molecule has 2 aromatic rings. The first kappa shape index (κ1) is 21.5. The van der Waals surface area contributed by atoms with Crippen molar-refractivity contribution in [1.29, 1.82) is 0 Å². The molecule has 0 heterocycles. The van der Waals surface area contributed by atoms with Gasteiger partial charge in [-0.3, -0.25) is 0 Å². The summed E-state index contributed by atoms with van der Waals surface area (Å²) in [4.78, 5) is -0.810. The van der Waals surface area contributed by atoms with E-state index in [1.54, 1.807) is 0 Å². The lowest BCUT2D eigenvalue weighted by Crippen LogP contribution is -2.26. The molecule has 0 aliphatic rings. The van der Waals surface area contributed by atoms with E-state index in [9.17, 15) is 34.8 Å². The topological polar surface area (TPSA) is 55.4 Å². The molecule has 0 amide bonds. The van der Waals surface area contributed by atoms with Crippen LogP contribution in [-0.2, 0) is 22.7 Å². The summed E-state index contributed by atoms with van der Waals surface area (Å²) in [5, 5.41) is 0. The molecule has 0 saturated carbocycles. The summed E-state index contributed by atoms with van der Waals surface area (Å²) in [6.45, 7) is -0.562. The van der Waals surface area contributed by atoms with Gasteiger partial charge in [0.2, 0.25) is 10.0 Å².